The molecular formula is C18H23ClN2O2. The van der Waals surface area contributed by atoms with Crippen LogP contribution in [0.3, 0.4) is 0 Å². The van der Waals surface area contributed by atoms with Gasteiger partial charge in [0.1, 0.15) is 0 Å². The number of nitrogens with zero attached hydrogens (tertiary/aromatic N) is 1. The van der Waals surface area contributed by atoms with Gasteiger partial charge in [-0.1, -0.05) is 29.8 Å². The summed E-state index contributed by atoms with van der Waals surface area (Å²) in [6.07, 6.45) is 0.879. The summed E-state index contributed by atoms with van der Waals surface area (Å²) in [5.74, 6) is -0.427. The van der Waals surface area contributed by atoms with E-state index in [9.17, 15) is 4.79 Å². The Labute approximate surface area is 142 Å². The molecule has 23 heavy (non-hydrogen) atoms. The van der Waals surface area contributed by atoms with Gasteiger partial charge in [0.2, 0.25) is 0 Å². The fourth-order valence-corrected chi connectivity index (χ4v) is 3.21. The molecule has 0 aliphatic rings. The second kappa shape index (κ2) is 7.66. The van der Waals surface area contributed by atoms with Crippen molar-refractivity contribution in [1.82, 2.24) is 4.57 Å². The van der Waals surface area contributed by atoms with Gasteiger partial charge in [-0.25, -0.2) is 0 Å². The normalized spacial score (nSPS) is 11.0. The zero-order valence-electron chi connectivity index (χ0n) is 13.9. The second-order valence-electron chi connectivity index (χ2n) is 5.47. The lowest BCUT2D eigenvalue weighted by atomic mass is 10.00. The van der Waals surface area contributed by atoms with E-state index in [1.54, 1.807) is 0 Å². The Morgan fingerprint density at radius 2 is 1.96 bits per heavy atom. The molecule has 1 amide bonds. The van der Waals surface area contributed by atoms with Crippen LogP contribution in [-0.4, -0.2) is 23.7 Å². The molecule has 2 rings (SSSR count). The van der Waals surface area contributed by atoms with Crippen LogP contribution >= 0.6 is 11.6 Å². The summed E-state index contributed by atoms with van der Waals surface area (Å²) in [6, 6.07) is 7.52. The summed E-state index contributed by atoms with van der Waals surface area (Å²) in [5.41, 5.74) is 9.74. The smallest absolute Gasteiger partial charge is 0.251 e. The van der Waals surface area contributed by atoms with E-state index in [0.717, 1.165) is 35.5 Å². The van der Waals surface area contributed by atoms with Crippen LogP contribution in [0.5, 0.6) is 0 Å². The van der Waals surface area contributed by atoms with E-state index in [4.69, 9.17) is 22.1 Å². The van der Waals surface area contributed by atoms with Crippen LogP contribution in [0.15, 0.2) is 24.3 Å². The lowest BCUT2D eigenvalue weighted by Crippen LogP contribution is -2.14. The van der Waals surface area contributed by atoms with Crippen molar-refractivity contribution in [2.75, 3.05) is 13.2 Å². The Kier molecular flexibility index (Phi) is 5.85. The molecule has 2 N–H and O–H groups in total. The number of carbonyl (C=O) groups is 1. The fraction of sp³-hybridized carbons (Fsp3) is 0.389. The predicted molar refractivity (Wildman–Crippen MR) is 94.0 cm³/mol. The summed E-state index contributed by atoms with van der Waals surface area (Å²) in [5, 5.41) is 0.615. The average Bonchev–Trinajstić information content (AvgIpc) is 2.76. The molecule has 0 fully saturated rings. The number of nitrogens with two attached hydrogens (primary N) is 1. The van der Waals surface area contributed by atoms with Crippen molar-refractivity contribution < 1.29 is 9.53 Å². The molecule has 2 aromatic rings. The molecule has 0 atom stereocenters. The number of aromatic nitrogens is 1. The van der Waals surface area contributed by atoms with Crippen LogP contribution in [-0.2, 0) is 11.3 Å². The lowest BCUT2D eigenvalue weighted by molar-refractivity contribution is 0.1000. The van der Waals surface area contributed by atoms with Gasteiger partial charge in [0.15, 0.2) is 0 Å². The van der Waals surface area contributed by atoms with Gasteiger partial charge in [0, 0.05) is 47.3 Å². The number of hydrogen-bond acceptors (Lipinski definition) is 2. The Bertz CT molecular complexity index is 707. The molecule has 0 aliphatic heterocycles. The number of rotatable bonds is 7. The van der Waals surface area contributed by atoms with Gasteiger partial charge >= 0.3 is 0 Å². The third kappa shape index (κ3) is 3.59. The first-order chi connectivity index (χ1) is 11.0. The molecule has 0 radical (unpaired) electrons. The highest BCUT2D eigenvalue weighted by molar-refractivity contribution is 6.33. The summed E-state index contributed by atoms with van der Waals surface area (Å²) in [7, 11) is 0. The van der Waals surface area contributed by atoms with E-state index in [2.05, 4.69) is 4.57 Å². The third-order valence-corrected chi connectivity index (χ3v) is 4.38. The van der Waals surface area contributed by atoms with Gasteiger partial charge in [-0.05, 0) is 33.3 Å². The maximum absolute atomic E-state index is 12.0. The van der Waals surface area contributed by atoms with Gasteiger partial charge in [-0.2, -0.15) is 0 Å². The number of halogens is 1. The molecule has 1 aromatic carbocycles. The Balaban J connectivity index is 2.50. The van der Waals surface area contributed by atoms with Gasteiger partial charge in [-0.15, -0.1) is 0 Å². The number of hydrogen-bond donors (Lipinski definition) is 1. The van der Waals surface area contributed by atoms with Crippen LogP contribution < -0.4 is 5.73 Å². The minimum absolute atomic E-state index is 0.427. The summed E-state index contributed by atoms with van der Waals surface area (Å²) in [4.78, 5) is 12.0. The van der Waals surface area contributed by atoms with Crippen molar-refractivity contribution in [2.45, 2.75) is 33.7 Å². The first kappa shape index (κ1) is 17.6. The largest absolute Gasteiger partial charge is 0.382 e. The zero-order valence-corrected chi connectivity index (χ0v) is 14.6. The van der Waals surface area contributed by atoms with Crippen LogP contribution in [0.25, 0.3) is 11.1 Å². The second-order valence-corrected chi connectivity index (χ2v) is 5.87. The van der Waals surface area contributed by atoms with Crippen LogP contribution in [0.4, 0.5) is 0 Å². The number of amides is 1. The van der Waals surface area contributed by atoms with Crippen molar-refractivity contribution in [3.8, 4) is 11.1 Å². The van der Waals surface area contributed by atoms with E-state index in [-0.39, 0.29) is 0 Å². The van der Waals surface area contributed by atoms with Gasteiger partial charge in [0.05, 0.1) is 5.56 Å². The maximum Gasteiger partial charge on any atom is 0.251 e. The minimum atomic E-state index is -0.427. The van der Waals surface area contributed by atoms with E-state index in [1.807, 2.05) is 45.0 Å². The monoisotopic (exact) mass is 334 g/mol. The van der Waals surface area contributed by atoms with E-state index >= 15 is 0 Å². The van der Waals surface area contributed by atoms with Crippen molar-refractivity contribution in [1.29, 1.82) is 0 Å². The van der Waals surface area contributed by atoms with Gasteiger partial charge in [-0.3, -0.25) is 4.79 Å². The van der Waals surface area contributed by atoms with E-state index < -0.39 is 5.91 Å². The number of benzene rings is 1. The molecule has 0 saturated heterocycles. The molecule has 124 valence electrons. The van der Waals surface area contributed by atoms with Crippen molar-refractivity contribution in [3.05, 3.63) is 46.2 Å². The summed E-state index contributed by atoms with van der Waals surface area (Å²) in [6.45, 7) is 8.09. The fourth-order valence-electron chi connectivity index (χ4n) is 2.98. The number of ether oxygens (including phenoxy) is 1. The maximum atomic E-state index is 12.0. The van der Waals surface area contributed by atoms with Crippen molar-refractivity contribution in [3.63, 3.8) is 0 Å². The molecule has 1 heterocycles. The van der Waals surface area contributed by atoms with Gasteiger partial charge in [0.25, 0.3) is 5.91 Å². The molecule has 0 unspecified atom stereocenters. The Morgan fingerprint density at radius 1 is 1.26 bits per heavy atom. The summed E-state index contributed by atoms with van der Waals surface area (Å²) >= 11 is 6.33. The molecule has 4 nitrogen and oxygen atoms in total. The molecule has 1 aromatic heterocycles. The zero-order chi connectivity index (χ0) is 17.0. The molecule has 0 bridgehead atoms. The number of carbonyl (C=O) groups excluding carboxylic acids is 1. The standard InChI is InChI=1S/C18H23ClN2O2/c1-4-23-11-7-10-21-12(2)16(17(13(21)3)18(20)22)14-8-5-6-9-15(14)19/h5-6,8-9H,4,7,10-11H2,1-3H3,(H2,20,22). The topological polar surface area (TPSA) is 57.2 Å². The quantitative estimate of drug-likeness (QED) is 0.779. The summed E-state index contributed by atoms with van der Waals surface area (Å²) < 4.78 is 7.52. The Morgan fingerprint density at radius 3 is 2.57 bits per heavy atom. The number of primary amides is 1. The molecule has 0 aliphatic carbocycles. The van der Waals surface area contributed by atoms with Crippen molar-refractivity contribution in [2.24, 2.45) is 5.73 Å². The lowest BCUT2D eigenvalue weighted by Gasteiger charge is -2.10. The molecule has 5 heteroatoms. The third-order valence-electron chi connectivity index (χ3n) is 4.05. The molecule has 0 spiro atoms. The average molecular weight is 335 g/mol. The first-order valence-corrected chi connectivity index (χ1v) is 8.18. The van der Waals surface area contributed by atoms with Crippen LogP contribution in [0.1, 0.15) is 35.1 Å². The SMILES string of the molecule is CCOCCCn1c(C)c(C(N)=O)c(-c2ccccc2Cl)c1C. The predicted octanol–water partition coefficient (Wildman–Crippen LogP) is 3.95. The minimum Gasteiger partial charge on any atom is -0.382 e. The highest BCUT2D eigenvalue weighted by Crippen LogP contribution is 2.36. The highest BCUT2D eigenvalue weighted by atomic mass is 35.5. The van der Waals surface area contributed by atoms with Crippen LogP contribution in [0.2, 0.25) is 5.02 Å². The van der Waals surface area contributed by atoms with Crippen LogP contribution in [0, 0.1) is 13.8 Å². The van der Waals surface area contributed by atoms with E-state index in [0.29, 0.717) is 23.8 Å². The van der Waals surface area contributed by atoms with E-state index in [1.165, 1.54) is 0 Å². The molecular weight excluding hydrogens is 312 g/mol. The highest BCUT2D eigenvalue weighted by Gasteiger charge is 2.23. The van der Waals surface area contributed by atoms with Gasteiger partial charge < -0.3 is 15.0 Å². The Hall–Kier alpha value is -1.78. The molecule has 0 saturated carbocycles. The van der Waals surface area contributed by atoms with Crippen molar-refractivity contribution >= 4 is 17.5 Å². The first-order valence-electron chi connectivity index (χ1n) is 7.81.